The van der Waals surface area contributed by atoms with Crippen LogP contribution in [0.5, 0.6) is 0 Å². The summed E-state index contributed by atoms with van der Waals surface area (Å²) < 4.78 is 1.85. The van der Waals surface area contributed by atoms with Gasteiger partial charge in [-0.2, -0.15) is 0 Å². The van der Waals surface area contributed by atoms with Crippen LogP contribution >= 0.6 is 23.4 Å². The SMILES string of the molecule is C=CCn1c(SCC(=O)Nc2c(C)cccc2CC)nnc1[C@@H](C)NC(=O)c1ccc(Cl)cc1. The Morgan fingerprint density at radius 2 is 1.94 bits per heavy atom. The highest BCUT2D eigenvalue weighted by atomic mass is 35.5. The molecule has 34 heavy (non-hydrogen) atoms. The lowest BCUT2D eigenvalue weighted by Gasteiger charge is -2.15. The summed E-state index contributed by atoms with van der Waals surface area (Å²) in [6, 6.07) is 12.2. The van der Waals surface area contributed by atoms with Gasteiger partial charge in [-0.05, 0) is 55.7 Å². The maximum atomic E-state index is 12.7. The normalized spacial score (nSPS) is 11.6. The number of para-hydroxylation sites is 1. The molecule has 0 saturated heterocycles. The largest absolute Gasteiger partial charge is 0.342 e. The Kier molecular flexibility index (Phi) is 8.90. The molecular weight excluding hydrogens is 470 g/mol. The van der Waals surface area contributed by atoms with Crippen molar-refractivity contribution < 1.29 is 9.59 Å². The Labute approximate surface area is 209 Å². The molecular formula is C25H28ClN5O2S. The number of benzene rings is 2. The number of nitrogens with one attached hydrogen (secondary N) is 2. The van der Waals surface area contributed by atoms with Gasteiger partial charge in [-0.1, -0.05) is 54.6 Å². The summed E-state index contributed by atoms with van der Waals surface area (Å²) in [5.74, 6) is 0.402. The van der Waals surface area contributed by atoms with E-state index >= 15 is 0 Å². The number of amides is 2. The number of carbonyl (C=O) groups is 2. The zero-order valence-corrected chi connectivity index (χ0v) is 21.0. The van der Waals surface area contributed by atoms with E-state index in [1.807, 2.05) is 36.6 Å². The second-order valence-electron chi connectivity index (χ2n) is 7.74. The Hall–Kier alpha value is -3.10. The second kappa shape index (κ2) is 11.9. The fourth-order valence-corrected chi connectivity index (χ4v) is 4.36. The summed E-state index contributed by atoms with van der Waals surface area (Å²) >= 11 is 7.19. The molecule has 9 heteroatoms. The van der Waals surface area contributed by atoms with Gasteiger partial charge in [-0.25, -0.2) is 0 Å². The molecule has 0 aliphatic rings. The Morgan fingerprint density at radius 1 is 1.21 bits per heavy atom. The third kappa shape index (κ3) is 6.27. The molecule has 3 rings (SSSR count). The van der Waals surface area contributed by atoms with Crippen LogP contribution in [0.4, 0.5) is 5.69 Å². The number of aryl methyl sites for hydroxylation is 2. The fourth-order valence-electron chi connectivity index (χ4n) is 3.48. The van der Waals surface area contributed by atoms with Crippen LogP contribution in [0.2, 0.25) is 5.02 Å². The monoisotopic (exact) mass is 497 g/mol. The number of hydrogen-bond donors (Lipinski definition) is 2. The minimum Gasteiger partial charge on any atom is -0.342 e. The third-order valence-electron chi connectivity index (χ3n) is 5.24. The lowest BCUT2D eigenvalue weighted by Crippen LogP contribution is -2.28. The average molecular weight is 498 g/mol. The molecule has 0 bridgehead atoms. The predicted octanol–water partition coefficient (Wildman–Crippen LogP) is 5.21. The Balaban J connectivity index is 1.68. The first-order valence-electron chi connectivity index (χ1n) is 11.0. The number of thioether (sulfide) groups is 1. The van der Waals surface area contributed by atoms with Gasteiger partial charge in [-0.3, -0.25) is 9.59 Å². The van der Waals surface area contributed by atoms with Gasteiger partial charge in [0.15, 0.2) is 11.0 Å². The van der Waals surface area contributed by atoms with E-state index in [1.54, 1.807) is 30.3 Å². The number of allylic oxidation sites excluding steroid dienone is 1. The first kappa shape index (κ1) is 25.5. The van der Waals surface area contributed by atoms with Crippen LogP contribution in [0.15, 0.2) is 60.3 Å². The van der Waals surface area contributed by atoms with Crippen molar-refractivity contribution in [2.45, 2.75) is 44.9 Å². The smallest absolute Gasteiger partial charge is 0.251 e. The summed E-state index contributed by atoms with van der Waals surface area (Å²) in [5.41, 5.74) is 3.49. The van der Waals surface area contributed by atoms with E-state index in [4.69, 9.17) is 11.6 Å². The van der Waals surface area contributed by atoms with Crippen molar-refractivity contribution in [1.29, 1.82) is 0 Å². The molecule has 2 amide bonds. The van der Waals surface area contributed by atoms with Gasteiger partial charge in [0.1, 0.15) is 0 Å². The average Bonchev–Trinajstić information content (AvgIpc) is 3.22. The van der Waals surface area contributed by atoms with Crippen molar-refractivity contribution in [3.63, 3.8) is 0 Å². The zero-order chi connectivity index (χ0) is 24.7. The summed E-state index contributed by atoms with van der Waals surface area (Å²) in [7, 11) is 0. The van der Waals surface area contributed by atoms with E-state index in [1.165, 1.54) is 11.8 Å². The molecule has 0 saturated carbocycles. The van der Waals surface area contributed by atoms with E-state index in [0.717, 1.165) is 23.2 Å². The number of rotatable bonds is 10. The van der Waals surface area contributed by atoms with Gasteiger partial charge in [-0.15, -0.1) is 16.8 Å². The van der Waals surface area contributed by atoms with Crippen molar-refractivity contribution in [3.8, 4) is 0 Å². The number of aromatic nitrogens is 3. The van der Waals surface area contributed by atoms with Crippen LogP contribution in [0, 0.1) is 6.92 Å². The molecule has 1 aromatic heterocycles. The highest BCUT2D eigenvalue weighted by Gasteiger charge is 2.21. The van der Waals surface area contributed by atoms with E-state index in [0.29, 0.717) is 28.1 Å². The lowest BCUT2D eigenvalue weighted by molar-refractivity contribution is -0.113. The molecule has 3 aromatic rings. The summed E-state index contributed by atoms with van der Waals surface area (Å²) in [5, 5.41) is 15.6. The first-order chi connectivity index (χ1) is 16.3. The van der Waals surface area contributed by atoms with Crippen molar-refractivity contribution >= 4 is 40.9 Å². The Bertz CT molecular complexity index is 1180. The van der Waals surface area contributed by atoms with E-state index < -0.39 is 6.04 Å². The topological polar surface area (TPSA) is 88.9 Å². The maximum Gasteiger partial charge on any atom is 0.251 e. The molecule has 0 aliphatic heterocycles. The molecule has 0 aliphatic carbocycles. The van der Waals surface area contributed by atoms with E-state index in [9.17, 15) is 9.59 Å². The Morgan fingerprint density at radius 3 is 2.62 bits per heavy atom. The third-order valence-corrected chi connectivity index (χ3v) is 6.45. The predicted molar refractivity (Wildman–Crippen MR) is 137 cm³/mol. The quantitative estimate of drug-likeness (QED) is 0.296. The molecule has 0 unspecified atom stereocenters. The molecule has 1 heterocycles. The summed E-state index contributed by atoms with van der Waals surface area (Å²) in [6.07, 6.45) is 2.56. The maximum absolute atomic E-state index is 12.7. The molecule has 7 nitrogen and oxygen atoms in total. The van der Waals surface area contributed by atoms with Crippen LogP contribution in [0.1, 0.15) is 47.2 Å². The van der Waals surface area contributed by atoms with Gasteiger partial charge in [0.05, 0.1) is 11.8 Å². The fraction of sp³-hybridized carbons (Fsp3) is 0.280. The van der Waals surface area contributed by atoms with Crippen LogP contribution in [-0.2, 0) is 17.8 Å². The van der Waals surface area contributed by atoms with Gasteiger partial charge in [0.2, 0.25) is 5.91 Å². The van der Waals surface area contributed by atoms with Gasteiger partial charge in [0, 0.05) is 22.8 Å². The number of hydrogen-bond acceptors (Lipinski definition) is 5. The second-order valence-corrected chi connectivity index (χ2v) is 9.12. The van der Waals surface area contributed by atoms with Crippen molar-refractivity contribution in [2.24, 2.45) is 0 Å². The minimum absolute atomic E-state index is 0.118. The van der Waals surface area contributed by atoms with Gasteiger partial charge < -0.3 is 15.2 Å². The summed E-state index contributed by atoms with van der Waals surface area (Å²) in [6.45, 7) is 10.1. The molecule has 0 fully saturated rings. The molecule has 178 valence electrons. The van der Waals surface area contributed by atoms with Crippen LogP contribution < -0.4 is 10.6 Å². The van der Waals surface area contributed by atoms with Crippen molar-refractivity contribution in [2.75, 3.05) is 11.1 Å². The first-order valence-corrected chi connectivity index (χ1v) is 12.3. The highest BCUT2D eigenvalue weighted by molar-refractivity contribution is 7.99. The van der Waals surface area contributed by atoms with Crippen LogP contribution in [-0.4, -0.2) is 32.3 Å². The van der Waals surface area contributed by atoms with Gasteiger partial charge >= 0.3 is 0 Å². The number of nitrogens with zero attached hydrogens (tertiary/aromatic N) is 3. The molecule has 2 N–H and O–H groups in total. The van der Waals surface area contributed by atoms with Crippen LogP contribution in [0.25, 0.3) is 0 Å². The molecule has 2 aromatic carbocycles. The minimum atomic E-state index is -0.405. The van der Waals surface area contributed by atoms with Crippen LogP contribution in [0.3, 0.4) is 0 Å². The zero-order valence-electron chi connectivity index (χ0n) is 19.5. The highest BCUT2D eigenvalue weighted by Crippen LogP contribution is 2.24. The molecule has 1 atom stereocenters. The van der Waals surface area contributed by atoms with Crippen molar-refractivity contribution in [3.05, 3.63) is 82.7 Å². The number of carbonyl (C=O) groups excluding carboxylic acids is 2. The lowest BCUT2D eigenvalue weighted by atomic mass is 10.1. The van der Waals surface area contributed by atoms with Gasteiger partial charge in [0.25, 0.3) is 5.91 Å². The van der Waals surface area contributed by atoms with Crippen molar-refractivity contribution in [1.82, 2.24) is 20.1 Å². The molecule has 0 spiro atoms. The molecule has 0 radical (unpaired) electrons. The number of halogens is 1. The van der Waals surface area contributed by atoms with E-state index in [2.05, 4.69) is 34.3 Å². The number of anilines is 1. The van der Waals surface area contributed by atoms with E-state index in [-0.39, 0.29) is 17.6 Å². The summed E-state index contributed by atoms with van der Waals surface area (Å²) in [4.78, 5) is 25.3. The standard InChI is InChI=1S/C25H28ClN5O2S/c1-5-14-31-23(17(4)27-24(33)19-10-12-20(26)13-11-19)29-30-25(31)34-15-21(32)28-22-16(3)8-7-9-18(22)6-2/h5,7-13,17H,1,6,14-15H2,2-4H3,(H,27,33)(H,28,32)/t17-/m1/s1.